The molecule has 0 heterocycles. The fraction of sp³-hybridized carbons (Fsp3) is 0.143. The van der Waals surface area contributed by atoms with Crippen molar-refractivity contribution in [2.75, 3.05) is 7.11 Å². The van der Waals surface area contributed by atoms with E-state index in [0.717, 1.165) is 0 Å². The van der Waals surface area contributed by atoms with Crippen molar-refractivity contribution < 1.29 is 14.2 Å². The van der Waals surface area contributed by atoms with Gasteiger partial charge in [0.15, 0.2) is 11.5 Å². The summed E-state index contributed by atoms with van der Waals surface area (Å²) in [6.07, 6.45) is 0. The van der Waals surface area contributed by atoms with E-state index >= 15 is 0 Å². The number of ether oxygens (including phenoxy) is 1. The number of rotatable bonds is 3. The molecule has 0 spiro atoms. The van der Waals surface area contributed by atoms with Crippen LogP contribution in [-0.2, 0) is 0 Å². The van der Waals surface area contributed by atoms with Crippen molar-refractivity contribution in [2.45, 2.75) is 0 Å². The van der Waals surface area contributed by atoms with Crippen molar-refractivity contribution in [3.63, 3.8) is 0 Å². The lowest BCUT2D eigenvalue weighted by molar-refractivity contribution is 0.393. The molecule has 1 aromatic carbocycles. The summed E-state index contributed by atoms with van der Waals surface area (Å²) in [5.41, 5.74) is 0. The van der Waals surface area contributed by atoms with E-state index in [-0.39, 0.29) is 0 Å². The second-order valence-corrected chi connectivity index (χ2v) is 2.23. The topological polar surface area (TPSA) is 38.7 Å². The number of hydrogen-bond acceptors (Lipinski definition) is 3. The lowest BCUT2D eigenvalue weighted by Crippen LogP contribution is -1.86. The smallest absolute Gasteiger partial charge is 0.212 e. The molecule has 0 aliphatic rings. The number of benzene rings is 1. The third kappa shape index (κ3) is 2.07. The predicted molar refractivity (Wildman–Crippen MR) is 44.2 cm³/mol. The Balaban J connectivity index is 2.83. The van der Waals surface area contributed by atoms with Crippen LogP contribution in [0.1, 0.15) is 0 Å². The summed E-state index contributed by atoms with van der Waals surface area (Å²) in [6, 6.07) is 7.17. The Morgan fingerprint density at radius 1 is 1.27 bits per heavy atom. The summed E-state index contributed by atoms with van der Waals surface area (Å²) >= 11 is 0. The van der Waals surface area contributed by atoms with Gasteiger partial charge in [0.2, 0.25) is 9.03 Å². The van der Waals surface area contributed by atoms with E-state index < -0.39 is 9.03 Å². The predicted octanol–water partition coefficient (Wildman–Crippen LogP) is 1.57. The van der Waals surface area contributed by atoms with E-state index in [1.807, 2.05) is 12.1 Å². The van der Waals surface area contributed by atoms with Crippen LogP contribution >= 0.6 is 9.03 Å². The van der Waals surface area contributed by atoms with Crippen LogP contribution in [0.2, 0.25) is 0 Å². The van der Waals surface area contributed by atoms with Gasteiger partial charge in [-0.3, -0.25) is 0 Å². The molecule has 11 heavy (non-hydrogen) atoms. The molecular formula is C7H9O3P. The number of methoxy groups -OCH3 is 1. The minimum Gasteiger partial charge on any atom is -0.493 e. The average Bonchev–Trinajstić information content (AvgIpc) is 2.06. The summed E-state index contributed by atoms with van der Waals surface area (Å²) < 4.78 is 9.85. The maximum atomic E-state index is 8.49. The van der Waals surface area contributed by atoms with Crippen LogP contribution in [0.3, 0.4) is 0 Å². The highest BCUT2D eigenvalue weighted by atomic mass is 31.1. The molecule has 0 saturated carbocycles. The van der Waals surface area contributed by atoms with Gasteiger partial charge in [0.05, 0.1) is 7.11 Å². The highest BCUT2D eigenvalue weighted by molar-refractivity contribution is 7.25. The van der Waals surface area contributed by atoms with E-state index in [1.165, 1.54) is 0 Å². The quantitative estimate of drug-likeness (QED) is 0.703. The van der Waals surface area contributed by atoms with E-state index in [2.05, 4.69) is 0 Å². The molecule has 1 unspecified atom stereocenters. The van der Waals surface area contributed by atoms with E-state index in [0.29, 0.717) is 11.5 Å². The molecule has 1 N–H and O–H groups in total. The molecule has 0 aliphatic carbocycles. The summed E-state index contributed by atoms with van der Waals surface area (Å²) in [5, 5.41) is 0. The van der Waals surface area contributed by atoms with Gasteiger partial charge in [-0.15, -0.1) is 0 Å². The minimum atomic E-state index is -0.545. The SMILES string of the molecule is COc1ccccc1OPO. The molecule has 0 amide bonds. The van der Waals surface area contributed by atoms with Crippen molar-refractivity contribution in [3.05, 3.63) is 24.3 Å². The first-order chi connectivity index (χ1) is 5.38. The molecule has 0 aromatic heterocycles. The average molecular weight is 172 g/mol. The Morgan fingerprint density at radius 3 is 2.45 bits per heavy atom. The lowest BCUT2D eigenvalue weighted by Gasteiger charge is -2.05. The fourth-order valence-electron chi connectivity index (χ4n) is 0.752. The molecule has 0 fully saturated rings. The molecule has 3 nitrogen and oxygen atoms in total. The van der Waals surface area contributed by atoms with Crippen LogP contribution in [0.5, 0.6) is 11.5 Å². The molecule has 0 bridgehead atoms. The zero-order valence-corrected chi connectivity index (χ0v) is 7.07. The van der Waals surface area contributed by atoms with Gasteiger partial charge in [0.25, 0.3) is 0 Å². The van der Waals surface area contributed by atoms with Gasteiger partial charge in [-0.05, 0) is 12.1 Å². The first kappa shape index (κ1) is 8.31. The zero-order valence-electron chi connectivity index (χ0n) is 6.07. The normalized spacial score (nSPS) is 10.4. The zero-order chi connectivity index (χ0) is 8.10. The first-order valence-electron chi connectivity index (χ1n) is 3.07. The third-order valence-electron chi connectivity index (χ3n) is 1.22. The van der Waals surface area contributed by atoms with E-state index in [4.69, 9.17) is 14.2 Å². The standard InChI is InChI=1S/C7H9O3P/c1-9-6-4-2-3-5-7(6)10-11-8/h2-5,8,11H,1H3. The first-order valence-corrected chi connectivity index (χ1v) is 3.93. The molecule has 0 radical (unpaired) electrons. The second-order valence-electron chi connectivity index (χ2n) is 1.84. The van der Waals surface area contributed by atoms with Crippen LogP contribution in [-0.4, -0.2) is 12.0 Å². The highest BCUT2D eigenvalue weighted by Crippen LogP contribution is 2.29. The molecule has 0 aliphatic heterocycles. The monoisotopic (exact) mass is 172 g/mol. The van der Waals surface area contributed by atoms with Gasteiger partial charge in [0, 0.05) is 0 Å². The van der Waals surface area contributed by atoms with Crippen LogP contribution in [0, 0.1) is 0 Å². The Labute approximate surface area is 66.9 Å². The largest absolute Gasteiger partial charge is 0.493 e. The Bertz CT molecular complexity index is 227. The molecule has 1 aromatic rings. The molecule has 1 atom stereocenters. The number of para-hydroxylation sites is 2. The van der Waals surface area contributed by atoms with Crippen molar-refractivity contribution in [3.8, 4) is 11.5 Å². The molecule has 4 heteroatoms. The maximum Gasteiger partial charge on any atom is 0.212 e. The Morgan fingerprint density at radius 2 is 1.91 bits per heavy atom. The second kappa shape index (κ2) is 4.16. The maximum absolute atomic E-state index is 8.49. The summed E-state index contributed by atoms with van der Waals surface area (Å²) in [4.78, 5) is 8.49. The van der Waals surface area contributed by atoms with E-state index in [9.17, 15) is 0 Å². The van der Waals surface area contributed by atoms with Crippen molar-refractivity contribution >= 4 is 9.03 Å². The van der Waals surface area contributed by atoms with Gasteiger partial charge >= 0.3 is 0 Å². The fourth-order valence-corrected chi connectivity index (χ4v) is 1.02. The van der Waals surface area contributed by atoms with Gasteiger partial charge in [-0.25, -0.2) is 0 Å². The van der Waals surface area contributed by atoms with Crippen molar-refractivity contribution in [1.29, 1.82) is 0 Å². The summed E-state index contributed by atoms with van der Waals surface area (Å²) in [6.45, 7) is 0. The molecular weight excluding hydrogens is 163 g/mol. The highest BCUT2D eigenvalue weighted by Gasteiger charge is 1.99. The molecule has 0 saturated heterocycles. The van der Waals surface area contributed by atoms with E-state index in [1.54, 1.807) is 19.2 Å². The molecule has 1 rings (SSSR count). The van der Waals surface area contributed by atoms with Gasteiger partial charge < -0.3 is 14.2 Å². The minimum absolute atomic E-state index is 0.545. The number of hydrogen-bond donors (Lipinski definition) is 1. The Hall–Kier alpha value is -0.790. The van der Waals surface area contributed by atoms with Gasteiger partial charge in [-0.2, -0.15) is 0 Å². The van der Waals surface area contributed by atoms with Crippen molar-refractivity contribution in [2.24, 2.45) is 0 Å². The summed E-state index contributed by atoms with van der Waals surface area (Å²) in [7, 11) is 1.01. The van der Waals surface area contributed by atoms with Crippen LogP contribution < -0.4 is 9.26 Å². The summed E-state index contributed by atoms with van der Waals surface area (Å²) in [5.74, 6) is 1.20. The van der Waals surface area contributed by atoms with Crippen LogP contribution in [0.15, 0.2) is 24.3 Å². The van der Waals surface area contributed by atoms with Crippen molar-refractivity contribution in [1.82, 2.24) is 0 Å². The van der Waals surface area contributed by atoms with Crippen LogP contribution in [0.4, 0.5) is 0 Å². The molecule has 60 valence electrons. The van der Waals surface area contributed by atoms with Gasteiger partial charge in [0.1, 0.15) is 0 Å². The Kier molecular flexibility index (Phi) is 3.14. The lowest BCUT2D eigenvalue weighted by atomic mass is 10.3. The van der Waals surface area contributed by atoms with Crippen LogP contribution in [0.25, 0.3) is 0 Å². The van der Waals surface area contributed by atoms with Gasteiger partial charge in [-0.1, -0.05) is 12.1 Å². The third-order valence-corrected chi connectivity index (χ3v) is 1.54.